The monoisotopic (exact) mass is 195 g/mol. The van der Waals surface area contributed by atoms with Crippen molar-refractivity contribution in [3.63, 3.8) is 0 Å². The maximum absolute atomic E-state index is 5.46. The molecule has 1 aromatic rings. The Morgan fingerprint density at radius 2 is 2.43 bits per heavy atom. The minimum absolute atomic E-state index is 0.457. The van der Waals surface area contributed by atoms with Crippen molar-refractivity contribution in [3.05, 3.63) is 17.5 Å². The van der Waals surface area contributed by atoms with Crippen molar-refractivity contribution in [3.8, 4) is 0 Å². The fraction of sp³-hybridized carbons (Fsp3) is 0.700. The Morgan fingerprint density at radius 3 is 2.93 bits per heavy atom. The van der Waals surface area contributed by atoms with Gasteiger partial charge in [0.25, 0.3) is 0 Å². The van der Waals surface area contributed by atoms with Gasteiger partial charge >= 0.3 is 0 Å². The zero-order valence-electron chi connectivity index (χ0n) is 8.57. The maximum Gasteiger partial charge on any atom is 0.151 e. The first kappa shape index (κ1) is 9.68. The first-order valence-corrected chi connectivity index (χ1v) is 5.22. The Balaban J connectivity index is 1.94. The minimum atomic E-state index is 0.457. The number of hydrogen-bond acceptors (Lipinski definition) is 4. The molecular weight excluding hydrogens is 178 g/mol. The Bertz CT molecular complexity index is 293. The van der Waals surface area contributed by atoms with Crippen LogP contribution in [0.2, 0.25) is 0 Å². The van der Waals surface area contributed by atoms with E-state index in [2.05, 4.69) is 17.0 Å². The molecule has 2 N–H and O–H groups in total. The van der Waals surface area contributed by atoms with E-state index in [1.54, 1.807) is 0 Å². The SMILES string of the molecule is CCN(Cc1cc(CN)no1)C1CC1. The largest absolute Gasteiger partial charge is 0.360 e. The van der Waals surface area contributed by atoms with Crippen LogP contribution >= 0.6 is 0 Å². The van der Waals surface area contributed by atoms with Crippen molar-refractivity contribution in [2.75, 3.05) is 6.54 Å². The van der Waals surface area contributed by atoms with E-state index < -0.39 is 0 Å². The summed E-state index contributed by atoms with van der Waals surface area (Å²) in [7, 11) is 0. The molecule has 0 aromatic carbocycles. The molecular formula is C10H17N3O. The van der Waals surface area contributed by atoms with Crippen molar-refractivity contribution < 1.29 is 4.52 Å². The van der Waals surface area contributed by atoms with Crippen LogP contribution in [-0.4, -0.2) is 22.6 Å². The molecule has 0 saturated heterocycles. The van der Waals surface area contributed by atoms with E-state index >= 15 is 0 Å². The van der Waals surface area contributed by atoms with Crippen LogP contribution in [0.1, 0.15) is 31.2 Å². The predicted octanol–water partition coefficient (Wildman–Crippen LogP) is 1.12. The number of hydrogen-bond donors (Lipinski definition) is 1. The van der Waals surface area contributed by atoms with Crippen LogP contribution < -0.4 is 5.73 Å². The van der Waals surface area contributed by atoms with Gasteiger partial charge in [-0.25, -0.2) is 0 Å². The smallest absolute Gasteiger partial charge is 0.151 e. The zero-order valence-corrected chi connectivity index (χ0v) is 8.57. The zero-order chi connectivity index (χ0) is 9.97. The summed E-state index contributed by atoms with van der Waals surface area (Å²) in [5.74, 6) is 0.930. The highest BCUT2D eigenvalue weighted by Crippen LogP contribution is 2.27. The van der Waals surface area contributed by atoms with Crippen molar-refractivity contribution >= 4 is 0 Å². The summed E-state index contributed by atoms with van der Waals surface area (Å²) < 4.78 is 5.19. The van der Waals surface area contributed by atoms with Gasteiger partial charge in [0.05, 0.1) is 12.2 Å². The molecule has 1 fully saturated rings. The summed E-state index contributed by atoms with van der Waals surface area (Å²) in [6, 6.07) is 2.72. The van der Waals surface area contributed by atoms with Crippen LogP contribution in [0.3, 0.4) is 0 Å². The predicted molar refractivity (Wildman–Crippen MR) is 53.5 cm³/mol. The van der Waals surface area contributed by atoms with Gasteiger partial charge in [0, 0.05) is 18.7 Å². The second-order valence-corrected chi connectivity index (χ2v) is 3.78. The topological polar surface area (TPSA) is 55.3 Å². The minimum Gasteiger partial charge on any atom is -0.360 e. The van der Waals surface area contributed by atoms with Gasteiger partial charge in [0.2, 0.25) is 0 Å². The van der Waals surface area contributed by atoms with Crippen LogP contribution in [0.4, 0.5) is 0 Å². The molecule has 4 heteroatoms. The molecule has 0 radical (unpaired) electrons. The van der Waals surface area contributed by atoms with E-state index in [9.17, 15) is 0 Å². The fourth-order valence-electron chi connectivity index (χ4n) is 1.67. The molecule has 1 saturated carbocycles. The van der Waals surface area contributed by atoms with E-state index in [-0.39, 0.29) is 0 Å². The number of nitrogens with zero attached hydrogens (tertiary/aromatic N) is 2. The van der Waals surface area contributed by atoms with Gasteiger partial charge in [-0.05, 0) is 19.4 Å². The summed E-state index contributed by atoms with van der Waals surface area (Å²) in [6.45, 7) is 4.58. The van der Waals surface area contributed by atoms with Gasteiger partial charge in [0.15, 0.2) is 5.76 Å². The molecule has 0 unspecified atom stereocenters. The maximum atomic E-state index is 5.46. The van der Waals surface area contributed by atoms with Gasteiger partial charge in [0.1, 0.15) is 0 Å². The van der Waals surface area contributed by atoms with E-state index in [1.807, 2.05) is 6.07 Å². The highest BCUT2D eigenvalue weighted by Gasteiger charge is 2.28. The summed E-state index contributed by atoms with van der Waals surface area (Å²) >= 11 is 0. The van der Waals surface area contributed by atoms with Crippen molar-refractivity contribution in [1.29, 1.82) is 0 Å². The lowest BCUT2D eigenvalue weighted by Gasteiger charge is -2.17. The Morgan fingerprint density at radius 1 is 1.64 bits per heavy atom. The van der Waals surface area contributed by atoms with Crippen LogP contribution in [-0.2, 0) is 13.1 Å². The number of aromatic nitrogens is 1. The molecule has 0 amide bonds. The fourth-order valence-corrected chi connectivity index (χ4v) is 1.67. The van der Waals surface area contributed by atoms with Gasteiger partial charge in [-0.3, -0.25) is 4.90 Å². The third-order valence-electron chi connectivity index (χ3n) is 2.65. The van der Waals surface area contributed by atoms with Gasteiger partial charge in [-0.2, -0.15) is 0 Å². The molecule has 1 aliphatic carbocycles. The van der Waals surface area contributed by atoms with Gasteiger partial charge in [-0.15, -0.1) is 0 Å². The second kappa shape index (κ2) is 4.11. The summed E-state index contributed by atoms with van der Waals surface area (Å²) in [6.07, 6.45) is 2.65. The molecule has 0 aliphatic heterocycles. The molecule has 0 atom stereocenters. The summed E-state index contributed by atoms with van der Waals surface area (Å²) in [5.41, 5.74) is 6.30. The lowest BCUT2D eigenvalue weighted by Crippen LogP contribution is -2.24. The van der Waals surface area contributed by atoms with Crippen molar-refractivity contribution in [1.82, 2.24) is 10.1 Å². The van der Waals surface area contributed by atoms with Crippen LogP contribution in [0, 0.1) is 0 Å². The number of rotatable bonds is 5. The normalized spacial score (nSPS) is 16.5. The Hall–Kier alpha value is -0.870. The van der Waals surface area contributed by atoms with Crippen LogP contribution in [0.5, 0.6) is 0 Å². The molecule has 2 rings (SSSR count). The molecule has 0 spiro atoms. The first-order valence-electron chi connectivity index (χ1n) is 5.22. The summed E-state index contributed by atoms with van der Waals surface area (Å²) in [4.78, 5) is 2.42. The van der Waals surface area contributed by atoms with Crippen molar-refractivity contribution in [2.45, 2.75) is 38.9 Å². The lowest BCUT2D eigenvalue weighted by molar-refractivity contribution is 0.232. The van der Waals surface area contributed by atoms with Crippen LogP contribution in [0.25, 0.3) is 0 Å². The van der Waals surface area contributed by atoms with Gasteiger partial charge < -0.3 is 10.3 Å². The quantitative estimate of drug-likeness (QED) is 0.765. The first-order chi connectivity index (χ1) is 6.83. The van der Waals surface area contributed by atoms with E-state index in [0.29, 0.717) is 6.54 Å². The Kier molecular flexibility index (Phi) is 2.84. The average Bonchev–Trinajstić information content (AvgIpc) is 2.95. The molecule has 0 bridgehead atoms. The lowest BCUT2D eigenvalue weighted by atomic mass is 10.3. The van der Waals surface area contributed by atoms with Crippen molar-refractivity contribution in [2.24, 2.45) is 5.73 Å². The van der Waals surface area contributed by atoms with Crippen LogP contribution in [0.15, 0.2) is 10.6 Å². The molecule has 1 aliphatic rings. The highest BCUT2D eigenvalue weighted by atomic mass is 16.5. The molecule has 1 heterocycles. The number of nitrogens with two attached hydrogens (primary N) is 1. The summed E-state index contributed by atoms with van der Waals surface area (Å²) in [5, 5.41) is 3.88. The average molecular weight is 195 g/mol. The molecule has 4 nitrogen and oxygen atoms in total. The van der Waals surface area contributed by atoms with E-state index in [0.717, 1.165) is 30.6 Å². The standard InChI is InChI=1S/C10H17N3O/c1-2-13(9-3-4-9)7-10-5-8(6-11)12-14-10/h5,9H,2-4,6-7,11H2,1H3. The molecule has 1 aromatic heterocycles. The van der Waals surface area contributed by atoms with E-state index in [1.165, 1.54) is 12.8 Å². The third kappa shape index (κ3) is 2.13. The Labute approximate surface area is 84.0 Å². The molecule has 14 heavy (non-hydrogen) atoms. The second-order valence-electron chi connectivity index (χ2n) is 3.78. The third-order valence-corrected chi connectivity index (χ3v) is 2.65. The highest BCUT2D eigenvalue weighted by molar-refractivity contribution is 5.05. The molecule has 78 valence electrons. The van der Waals surface area contributed by atoms with E-state index in [4.69, 9.17) is 10.3 Å². The van der Waals surface area contributed by atoms with Gasteiger partial charge in [-0.1, -0.05) is 12.1 Å².